The van der Waals surface area contributed by atoms with E-state index in [1.54, 1.807) is 0 Å². The summed E-state index contributed by atoms with van der Waals surface area (Å²) in [7, 11) is -9.90. The average molecular weight is 1300 g/mol. The number of carbonyl (C=O) groups is 4. The number of phosphoric ester groups is 2. The molecule has 0 saturated heterocycles. The van der Waals surface area contributed by atoms with Gasteiger partial charge in [0.1, 0.15) is 19.3 Å². The van der Waals surface area contributed by atoms with Gasteiger partial charge < -0.3 is 33.8 Å². The Hall–Kier alpha value is -1.94. The Balaban J connectivity index is 5.21. The van der Waals surface area contributed by atoms with E-state index in [1.165, 1.54) is 135 Å². The molecule has 2 unspecified atom stereocenters. The van der Waals surface area contributed by atoms with Gasteiger partial charge in [0.15, 0.2) is 12.2 Å². The lowest BCUT2D eigenvalue weighted by molar-refractivity contribution is -0.161. The minimum absolute atomic E-state index is 0.101. The van der Waals surface area contributed by atoms with Gasteiger partial charge in [-0.25, -0.2) is 9.13 Å². The molecular formula is C69H134O17P2. The van der Waals surface area contributed by atoms with Gasteiger partial charge in [-0.3, -0.25) is 37.3 Å². The summed E-state index contributed by atoms with van der Waals surface area (Å²) in [5.41, 5.74) is 0. The second-order valence-corrected chi connectivity index (χ2v) is 29.7. The van der Waals surface area contributed by atoms with Crippen molar-refractivity contribution < 1.29 is 80.2 Å². The molecule has 0 rings (SSSR count). The van der Waals surface area contributed by atoms with Crippen molar-refractivity contribution >= 4 is 39.5 Å². The van der Waals surface area contributed by atoms with E-state index in [2.05, 4.69) is 55.4 Å². The lowest BCUT2D eigenvalue weighted by Crippen LogP contribution is -2.30. The normalized spacial score (nSPS) is 14.3. The summed E-state index contributed by atoms with van der Waals surface area (Å²) in [6.45, 7) is 14.0. The number of hydrogen-bond acceptors (Lipinski definition) is 15. The van der Waals surface area contributed by atoms with Gasteiger partial charge in [-0.15, -0.1) is 0 Å². The quantitative estimate of drug-likeness (QED) is 0.0222. The fourth-order valence-corrected chi connectivity index (χ4v) is 11.9. The number of ether oxygens (including phenoxy) is 4. The summed E-state index contributed by atoms with van der Waals surface area (Å²) >= 11 is 0. The third-order valence-electron chi connectivity index (χ3n) is 15.8. The molecule has 17 nitrogen and oxygen atoms in total. The summed E-state index contributed by atoms with van der Waals surface area (Å²) in [5.74, 6) is 0.763. The molecule has 0 bridgehead atoms. The van der Waals surface area contributed by atoms with E-state index in [9.17, 15) is 43.2 Å². The summed E-state index contributed by atoms with van der Waals surface area (Å²) in [6, 6.07) is 0. The van der Waals surface area contributed by atoms with Crippen LogP contribution in [0.15, 0.2) is 0 Å². The van der Waals surface area contributed by atoms with Gasteiger partial charge in [-0.2, -0.15) is 0 Å². The molecule has 0 aromatic carbocycles. The van der Waals surface area contributed by atoms with Crippen LogP contribution in [0.2, 0.25) is 0 Å². The van der Waals surface area contributed by atoms with Crippen molar-refractivity contribution in [1.29, 1.82) is 0 Å². The van der Waals surface area contributed by atoms with E-state index in [4.69, 9.17) is 37.0 Å². The summed E-state index contributed by atoms with van der Waals surface area (Å²) < 4.78 is 68.1. The first kappa shape index (κ1) is 86.1. The zero-order valence-electron chi connectivity index (χ0n) is 57.3. The maximum absolute atomic E-state index is 13.0. The Morgan fingerprint density at radius 1 is 0.284 bits per heavy atom. The molecule has 19 heteroatoms. The number of hydrogen-bond donors (Lipinski definition) is 3. The number of rotatable bonds is 66. The van der Waals surface area contributed by atoms with Crippen molar-refractivity contribution in [2.45, 2.75) is 356 Å². The smallest absolute Gasteiger partial charge is 0.462 e. The number of esters is 4. The standard InChI is InChI=1S/C69H134O17P2/c1-59(2)45-37-29-21-17-13-11-9-10-12-14-19-23-33-41-49-66(71)79-55-64(85-68(73)51-43-35-24-20-16-15-18-22-30-38-46-60(3)4)57-83-87(75,76)81-53-63(70)54-82-88(77,78)84-58-65(86-69(74)52-44-36-28-26-32-40-48-62(7)8)56-80-67(72)50-42-34-27-25-31-39-47-61(5)6/h59-65,70H,9-58H2,1-8H3,(H,75,76)(H,77,78)/t63-,64-,65-/m1/s1. The van der Waals surface area contributed by atoms with Crippen LogP contribution in [0.25, 0.3) is 0 Å². The van der Waals surface area contributed by atoms with E-state index < -0.39 is 97.5 Å². The van der Waals surface area contributed by atoms with Crippen molar-refractivity contribution in [1.82, 2.24) is 0 Å². The molecule has 0 saturated carbocycles. The number of carbonyl (C=O) groups excluding carboxylic acids is 4. The van der Waals surface area contributed by atoms with Gasteiger partial charge in [0.05, 0.1) is 26.4 Å². The predicted molar refractivity (Wildman–Crippen MR) is 354 cm³/mol. The average Bonchev–Trinajstić information content (AvgIpc) is 3.51. The highest BCUT2D eigenvalue weighted by Gasteiger charge is 2.30. The molecule has 522 valence electrons. The van der Waals surface area contributed by atoms with Crippen LogP contribution in [0.5, 0.6) is 0 Å². The maximum Gasteiger partial charge on any atom is 0.472 e. The molecule has 0 aliphatic carbocycles. The third kappa shape index (κ3) is 62.8. The zero-order valence-corrected chi connectivity index (χ0v) is 59.1. The molecule has 0 aromatic heterocycles. The van der Waals surface area contributed by atoms with E-state index in [-0.39, 0.29) is 25.7 Å². The highest BCUT2D eigenvalue weighted by atomic mass is 31.2. The van der Waals surface area contributed by atoms with Gasteiger partial charge in [0.2, 0.25) is 0 Å². The molecular weight excluding hydrogens is 1160 g/mol. The van der Waals surface area contributed by atoms with Gasteiger partial charge in [0, 0.05) is 25.7 Å². The Labute approximate surface area is 537 Å². The molecule has 0 fully saturated rings. The van der Waals surface area contributed by atoms with Gasteiger partial charge in [-0.1, -0.05) is 287 Å². The molecule has 0 aromatic rings. The highest BCUT2D eigenvalue weighted by Crippen LogP contribution is 2.45. The molecule has 0 aliphatic rings. The molecule has 0 amide bonds. The zero-order chi connectivity index (χ0) is 65.4. The molecule has 0 aliphatic heterocycles. The van der Waals surface area contributed by atoms with Crippen LogP contribution in [0.3, 0.4) is 0 Å². The van der Waals surface area contributed by atoms with E-state index in [0.717, 1.165) is 108 Å². The second-order valence-electron chi connectivity index (χ2n) is 26.8. The van der Waals surface area contributed by atoms with Crippen molar-refractivity contribution in [3.05, 3.63) is 0 Å². The lowest BCUT2D eigenvalue weighted by atomic mass is 10.0. The fraction of sp³-hybridized carbons (Fsp3) is 0.942. The Morgan fingerprint density at radius 3 is 0.705 bits per heavy atom. The van der Waals surface area contributed by atoms with Crippen molar-refractivity contribution in [3.8, 4) is 0 Å². The lowest BCUT2D eigenvalue weighted by Gasteiger charge is -2.21. The first-order valence-electron chi connectivity index (χ1n) is 35.7. The fourth-order valence-electron chi connectivity index (χ4n) is 10.3. The van der Waals surface area contributed by atoms with Crippen molar-refractivity contribution in [2.75, 3.05) is 39.6 Å². The number of aliphatic hydroxyl groups is 1. The van der Waals surface area contributed by atoms with E-state index >= 15 is 0 Å². The first-order valence-corrected chi connectivity index (χ1v) is 38.7. The molecule has 0 spiro atoms. The van der Waals surface area contributed by atoms with Gasteiger partial charge in [-0.05, 0) is 49.4 Å². The van der Waals surface area contributed by atoms with Gasteiger partial charge in [0.25, 0.3) is 0 Å². The van der Waals surface area contributed by atoms with Crippen LogP contribution in [0, 0.1) is 23.7 Å². The van der Waals surface area contributed by atoms with Crippen LogP contribution in [-0.2, 0) is 65.4 Å². The van der Waals surface area contributed by atoms with E-state index in [1.807, 2.05) is 0 Å². The molecule has 0 heterocycles. The predicted octanol–water partition coefficient (Wildman–Crippen LogP) is 19.3. The number of unbranched alkanes of at least 4 members (excludes halogenated alkanes) is 32. The Kier molecular flexibility index (Phi) is 57.6. The Bertz CT molecular complexity index is 1750. The van der Waals surface area contributed by atoms with Gasteiger partial charge >= 0.3 is 39.5 Å². The van der Waals surface area contributed by atoms with Crippen molar-refractivity contribution in [2.24, 2.45) is 23.7 Å². The number of aliphatic hydroxyl groups excluding tert-OH is 1. The highest BCUT2D eigenvalue weighted by molar-refractivity contribution is 7.47. The van der Waals surface area contributed by atoms with Crippen LogP contribution in [0.4, 0.5) is 0 Å². The Morgan fingerprint density at radius 2 is 0.477 bits per heavy atom. The maximum atomic E-state index is 13.0. The largest absolute Gasteiger partial charge is 0.472 e. The molecule has 88 heavy (non-hydrogen) atoms. The molecule has 3 N–H and O–H groups in total. The van der Waals surface area contributed by atoms with Crippen molar-refractivity contribution in [3.63, 3.8) is 0 Å². The minimum Gasteiger partial charge on any atom is -0.462 e. The summed E-state index contributed by atoms with van der Waals surface area (Å²) in [6.07, 6.45) is 40.7. The molecule has 0 radical (unpaired) electrons. The van der Waals surface area contributed by atoms with E-state index in [0.29, 0.717) is 37.5 Å². The topological polar surface area (TPSA) is 237 Å². The second kappa shape index (κ2) is 58.8. The molecule has 5 atom stereocenters. The van der Waals surface area contributed by atoms with Crippen LogP contribution >= 0.6 is 15.6 Å². The minimum atomic E-state index is -4.95. The SMILES string of the molecule is CC(C)CCCCCCCCCCCCCCCCC(=O)OC[C@H](COP(=O)(O)OC[C@@H](O)COP(=O)(O)OC[C@@H](COC(=O)CCCCCCCCC(C)C)OC(=O)CCCCCCCCC(C)C)OC(=O)CCCCCCCCCCCCC(C)C. The summed E-state index contributed by atoms with van der Waals surface area (Å²) in [5, 5.41) is 10.6. The van der Waals surface area contributed by atoms with Crippen LogP contribution in [-0.4, -0.2) is 96.7 Å². The first-order chi connectivity index (χ1) is 42.1. The van der Waals surface area contributed by atoms with Crippen LogP contribution in [0.1, 0.15) is 338 Å². The summed E-state index contributed by atoms with van der Waals surface area (Å²) in [4.78, 5) is 72.4. The number of phosphoric acid groups is 2. The van der Waals surface area contributed by atoms with Crippen LogP contribution < -0.4 is 0 Å². The monoisotopic (exact) mass is 1300 g/mol. The third-order valence-corrected chi connectivity index (χ3v) is 17.7.